The fourth-order valence-electron chi connectivity index (χ4n) is 2.60. The quantitative estimate of drug-likeness (QED) is 0.901. The van der Waals surface area contributed by atoms with Crippen molar-refractivity contribution in [2.75, 3.05) is 47.8 Å². The van der Waals surface area contributed by atoms with Gasteiger partial charge >= 0.3 is 0 Å². The Bertz CT molecular complexity index is 624. The summed E-state index contributed by atoms with van der Waals surface area (Å²) in [6.45, 7) is 8.57. The minimum absolute atomic E-state index is 0.794. The Kier molecular flexibility index (Phi) is 4.85. The highest BCUT2D eigenvalue weighted by molar-refractivity contribution is 5.45. The number of aromatic nitrogens is 4. The maximum absolute atomic E-state index is 4.65. The third kappa shape index (κ3) is 3.85. The topological polar surface area (TPSA) is 70.1 Å². The Hall–Kier alpha value is -2.44. The van der Waals surface area contributed by atoms with Crippen molar-refractivity contribution in [3.63, 3.8) is 0 Å². The Balaban J connectivity index is 1.66. The number of rotatable bonds is 5. The average Bonchev–Trinajstić information content (AvgIpc) is 2.60. The predicted octanol–water partition coefficient (Wildman–Crippen LogP) is 1.72. The molecule has 1 saturated heterocycles. The van der Waals surface area contributed by atoms with Crippen LogP contribution in [-0.4, -0.2) is 52.7 Å². The average molecular weight is 313 g/mol. The lowest BCUT2D eigenvalue weighted by atomic mass is 10.3. The van der Waals surface area contributed by atoms with Crippen LogP contribution in [0.2, 0.25) is 0 Å². The maximum atomic E-state index is 4.65. The summed E-state index contributed by atoms with van der Waals surface area (Å²) in [4.78, 5) is 22.3. The molecule has 122 valence electrons. The first kappa shape index (κ1) is 15.5. The number of piperazine rings is 1. The zero-order valence-corrected chi connectivity index (χ0v) is 13.7. The van der Waals surface area contributed by atoms with E-state index in [1.807, 2.05) is 19.1 Å². The van der Waals surface area contributed by atoms with Crippen molar-refractivity contribution in [3.05, 3.63) is 30.2 Å². The summed E-state index contributed by atoms with van der Waals surface area (Å²) in [5, 5.41) is 3.34. The second-order valence-corrected chi connectivity index (χ2v) is 5.64. The number of anilines is 3. The normalized spacial score (nSPS) is 14.9. The lowest BCUT2D eigenvalue weighted by molar-refractivity contribution is 0.627. The van der Waals surface area contributed by atoms with Crippen molar-refractivity contribution in [2.45, 2.75) is 20.3 Å². The van der Waals surface area contributed by atoms with E-state index in [9.17, 15) is 0 Å². The zero-order chi connectivity index (χ0) is 16.1. The van der Waals surface area contributed by atoms with E-state index in [2.05, 4.69) is 42.0 Å². The molecule has 1 N–H and O–H groups in total. The summed E-state index contributed by atoms with van der Waals surface area (Å²) < 4.78 is 0. The molecular formula is C16H23N7. The molecule has 2 aromatic rings. The molecular weight excluding hydrogens is 290 g/mol. The lowest BCUT2D eigenvalue weighted by Crippen LogP contribution is -2.47. The molecule has 0 aliphatic carbocycles. The van der Waals surface area contributed by atoms with E-state index < -0.39 is 0 Å². The second kappa shape index (κ2) is 7.21. The van der Waals surface area contributed by atoms with Crippen LogP contribution in [0, 0.1) is 6.92 Å². The molecule has 0 radical (unpaired) electrons. The van der Waals surface area contributed by atoms with E-state index in [1.165, 1.54) is 0 Å². The smallest absolute Gasteiger partial charge is 0.227 e. The van der Waals surface area contributed by atoms with Crippen molar-refractivity contribution >= 4 is 17.7 Å². The Morgan fingerprint density at radius 2 is 1.65 bits per heavy atom. The van der Waals surface area contributed by atoms with Gasteiger partial charge in [0, 0.05) is 56.9 Å². The van der Waals surface area contributed by atoms with Gasteiger partial charge in [0.05, 0.1) is 0 Å². The Labute approximate surface area is 136 Å². The van der Waals surface area contributed by atoms with Crippen LogP contribution >= 0.6 is 0 Å². The third-order valence-corrected chi connectivity index (χ3v) is 3.80. The van der Waals surface area contributed by atoms with Crippen LogP contribution in [-0.2, 0) is 0 Å². The van der Waals surface area contributed by atoms with Gasteiger partial charge in [0.2, 0.25) is 11.9 Å². The number of aryl methyl sites for hydroxylation is 1. The van der Waals surface area contributed by atoms with Gasteiger partial charge in [-0.2, -0.15) is 4.98 Å². The van der Waals surface area contributed by atoms with Crippen molar-refractivity contribution in [1.82, 2.24) is 19.9 Å². The SMILES string of the molecule is CCCNc1cc(C)nc(N2CCN(c3ncccn3)CC2)n1. The fourth-order valence-corrected chi connectivity index (χ4v) is 2.60. The molecule has 0 aromatic carbocycles. The molecule has 0 amide bonds. The highest BCUT2D eigenvalue weighted by atomic mass is 15.4. The van der Waals surface area contributed by atoms with Crippen molar-refractivity contribution in [2.24, 2.45) is 0 Å². The van der Waals surface area contributed by atoms with E-state index in [0.29, 0.717) is 0 Å². The zero-order valence-electron chi connectivity index (χ0n) is 13.7. The van der Waals surface area contributed by atoms with Gasteiger partial charge in [-0.25, -0.2) is 15.0 Å². The molecule has 3 heterocycles. The molecule has 0 unspecified atom stereocenters. The largest absolute Gasteiger partial charge is 0.370 e. The third-order valence-electron chi connectivity index (χ3n) is 3.80. The van der Waals surface area contributed by atoms with Gasteiger partial charge in [0.25, 0.3) is 0 Å². The summed E-state index contributed by atoms with van der Waals surface area (Å²) >= 11 is 0. The van der Waals surface area contributed by atoms with E-state index in [0.717, 1.165) is 62.6 Å². The van der Waals surface area contributed by atoms with E-state index >= 15 is 0 Å². The van der Waals surface area contributed by atoms with E-state index in [-0.39, 0.29) is 0 Å². The van der Waals surface area contributed by atoms with Crippen LogP contribution in [0.5, 0.6) is 0 Å². The first-order valence-corrected chi connectivity index (χ1v) is 8.12. The van der Waals surface area contributed by atoms with Crippen LogP contribution in [0.3, 0.4) is 0 Å². The lowest BCUT2D eigenvalue weighted by Gasteiger charge is -2.34. The molecule has 1 fully saturated rings. The number of nitrogens with zero attached hydrogens (tertiary/aromatic N) is 6. The molecule has 7 heteroatoms. The first-order chi connectivity index (χ1) is 11.3. The Morgan fingerprint density at radius 3 is 2.30 bits per heavy atom. The van der Waals surface area contributed by atoms with Crippen LogP contribution in [0.25, 0.3) is 0 Å². The van der Waals surface area contributed by atoms with E-state index in [4.69, 9.17) is 0 Å². The molecule has 1 aliphatic heterocycles. The van der Waals surface area contributed by atoms with Crippen molar-refractivity contribution < 1.29 is 0 Å². The molecule has 23 heavy (non-hydrogen) atoms. The number of hydrogen-bond acceptors (Lipinski definition) is 7. The second-order valence-electron chi connectivity index (χ2n) is 5.64. The first-order valence-electron chi connectivity index (χ1n) is 8.12. The monoisotopic (exact) mass is 313 g/mol. The summed E-state index contributed by atoms with van der Waals surface area (Å²) in [5.74, 6) is 2.50. The minimum Gasteiger partial charge on any atom is -0.370 e. The summed E-state index contributed by atoms with van der Waals surface area (Å²) in [7, 11) is 0. The summed E-state index contributed by atoms with van der Waals surface area (Å²) in [6, 6.07) is 3.83. The maximum Gasteiger partial charge on any atom is 0.227 e. The van der Waals surface area contributed by atoms with Crippen LogP contribution < -0.4 is 15.1 Å². The van der Waals surface area contributed by atoms with Gasteiger partial charge in [-0.1, -0.05) is 6.92 Å². The van der Waals surface area contributed by atoms with Crippen LogP contribution in [0.4, 0.5) is 17.7 Å². The van der Waals surface area contributed by atoms with Crippen molar-refractivity contribution in [1.29, 1.82) is 0 Å². The van der Waals surface area contributed by atoms with Gasteiger partial charge in [0.15, 0.2) is 0 Å². The van der Waals surface area contributed by atoms with Crippen molar-refractivity contribution in [3.8, 4) is 0 Å². The van der Waals surface area contributed by atoms with Gasteiger partial charge < -0.3 is 15.1 Å². The molecule has 0 atom stereocenters. The highest BCUT2D eigenvalue weighted by Gasteiger charge is 2.21. The molecule has 2 aromatic heterocycles. The highest BCUT2D eigenvalue weighted by Crippen LogP contribution is 2.17. The molecule has 1 aliphatic rings. The van der Waals surface area contributed by atoms with Gasteiger partial charge in [-0.15, -0.1) is 0 Å². The molecule has 0 spiro atoms. The standard InChI is InChI=1S/C16H23N7/c1-3-5-17-14-12-13(2)20-16(21-14)23-10-8-22(9-11-23)15-18-6-4-7-19-15/h4,6-7,12H,3,5,8-11H2,1-2H3,(H,17,20,21). The summed E-state index contributed by atoms with van der Waals surface area (Å²) in [5.41, 5.74) is 0.988. The van der Waals surface area contributed by atoms with Crippen LogP contribution in [0.15, 0.2) is 24.5 Å². The predicted molar refractivity (Wildman–Crippen MR) is 92.0 cm³/mol. The van der Waals surface area contributed by atoms with Gasteiger partial charge in [0.1, 0.15) is 5.82 Å². The number of hydrogen-bond donors (Lipinski definition) is 1. The van der Waals surface area contributed by atoms with Gasteiger partial charge in [-0.05, 0) is 19.4 Å². The Morgan fingerprint density at radius 1 is 1.00 bits per heavy atom. The van der Waals surface area contributed by atoms with E-state index in [1.54, 1.807) is 12.4 Å². The molecule has 0 bridgehead atoms. The number of nitrogens with one attached hydrogen (secondary N) is 1. The molecule has 7 nitrogen and oxygen atoms in total. The molecule has 0 saturated carbocycles. The molecule has 3 rings (SSSR count). The fraction of sp³-hybridized carbons (Fsp3) is 0.500. The summed E-state index contributed by atoms with van der Waals surface area (Å²) in [6.07, 6.45) is 4.64. The van der Waals surface area contributed by atoms with Gasteiger partial charge in [-0.3, -0.25) is 0 Å². The van der Waals surface area contributed by atoms with Crippen LogP contribution in [0.1, 0.15) is 19.0 Å². The minimum atomic E-state index is 0.794.